The minimum Gasteiger partial charge on any atom is -0.342 e. The summed E-state index contributed by atoms with van der Waals surface area (Å²) in [4.78, 5) is 19.9. The molecule has 5 aromatic rings. The largest absolute Gasteiger partial charge is 0.342 e. The second-order valence-electron chi connectivity index (χ2n) is 10.1. The van der Waals surface area contributed by atoms with Gasteiger partial charge in [-0.3, -0.25) is 9.89 Å². The molecule has 3 aromatic carbocycles. The topological polar surface area (TPSA) is 66.8 Å². The summed E-state index contributed by atoms with van der Waals surface area (Å²) >= 11 is 3.73. The molecule has 2 fully saturated rings. The van der Waals surface area contributed by atoms with Gasteiger partial charge in [-0.25, -0.2) is 4.98 Å². The van der Waals surface area contributed by atoms with Crippen molar-refractivity contribution >= 4 is 43.8 Å². The number of rotatable bonds is 5. The number of H-pyrrole nitrogens is 1. The van der Waals surface area contributed by atoms with Crippen molar-refractivity contribution in [3.8, 4) is 22.5 Å². The number of hydrogen-bond donors (Lipinski definition) is 1. The SMILES string of the molecule is O=C(C1CC1)N1CC[C@@H](Cn2c(-c3ccccc3-c3ccc4cn[nH]c4c3)nc3c(Br)cccc32)C1. The zero-order valence-electron chi connectivity index (χ0n) is 19.8. The lowest BCUT2D eigenvalue weighted by atomic mass is 9.98. The van der Waals surface area contributed by atoms with Crippen LogP contribution >= 0.6 is 15.9 Å². The number of hydrogen-bond acceptors (Lipinski definition) is 3. The van der Waals surface area contributed by atoms with Gasteiger partial charge in [0.05, 0.1) is 17.2 Å². The second-order valence-corrected chi connectivity index (χ2v) is 10.9. The van der Waals surface area contributed by atoms with Crippen LogP contribution in [0.25, 0.3) is 44.5 Å². The predicted octanol–water partition coefficient (Wildman–Crippen LogP) is 6.27. The first-order valence-corrected chi connectivity index (χ1v) is 13.4. The molecule has 7 heteroatoms. The lowest BCUT2D eigenvalue weighted by Gasteiger charge is -2.18. The molecule has 0 spiro atoms. The van der Waals surface area contributed by atoms with Crippen LogP contribution < -0.4 is 0 Å². The van der Waals surface area contributed by atoms with Gasteiger partial charge in [0, 0.05) is 41.0 Å². The number of para-hydroxylation sites is 1. The average molecular weight is 540 g/mol. The van der Waals surface area contributed by atoms with Crippen molar-refractivity contribution in [1.82, 2.24) is 24.6 Å². The van der Waals surface area contributed by atoms with Gasteiger partial charge in [-0.1, -0.05) is 42.5 Å². The number of fused-ring (bicyclic) bond motifs is 2. The third-order valence-electron chi connectivity index (χ3n) is 7.62. The van der Waals surface area contributed by atoms with E-state index in [1.807, 2.05) is 12.3 Å². The molecule has 6 nitrogen and oxygen atoms in total. The van der Waals surface area contributed by atoms with Gasteiger partial charge in [0.15, 0.2) is 0 Å². The highest BCUT2D eigenvalue weighted by Crippen LogP contribution is 2.38. The van der Waals surface area contributed by atoms with E-state index in [1.165, 1.54) is 0 Å². The Morgan fingerprint density at radius 1 is 1.03 bits per heavy atom. The maximum atomic E-state index is 12.7. The molecule has 180 valence electrons. The molecule has 1 amide bonds. The molecule has 1 atom stereocenters. The van der Waals surface area contributed by atoms with Gasteiger partial charge < -0.3 is 9.47 Å². The van der Waals surface area contributed by atoms with Crippen LogP contribution in [0.4, 0.5) is 0 Å². The molecule has 2 aliphatic rings. The molecular weight excluding hydrogens is 514 g/mol. The number of carbonyl (C=O) groups excluding carboxylic acids is 1. The summed E-state index contributed by atoms with van der Waals surface area (Å²) < 4.78 is 3.36. The lowest BCUT2D eigenvalue weighted by Crippen LogP contribution is -2.30. The van der Waals surface area contributed by atoms with Crippen molar-refractivity contribution in [3.05, 3.63) is 71.3 Å². The molecule has 1 aliphatic carbocycles. The fraction of sp³-hybridized carbons (Fsp3) is 0.276. The number of nitrogens with one attached hydrogen (secondary N) is 1. The minimum absolute atomic E-state index is 0.281. The molecule has 0 bridgehead atoms. The lowest BCUT2D eigenvalue weighted by molar-refractivity contribution is -0.131. The molecule has 1 saturated carbocycles. The number of benzene rings is 3. The first-order chi connectivity index (χ1) is 17.7. The number of aromatic nitrogens is 4. The second kappa shape index (κ2) is 8.59. The monoisotopic (exact) mass is 539 g/mol. The van der Waals surface area contributed by atoms with Crippen molar-refractivity contribution in [2.24, 2.45) is 11.8 Å². The van der Waals surface area contributed by atoms with E-state index in [9.17, 15) is 4.79 Å². The van der Waals surface area contributed by atoms with Crippen molar-refractivity contribution in [1.29, 1.82) is 0 Å². The Morgan fingerprint density at radius 3 is 2.75 bits per heavy atom. The maximum Gasteiger partial charge on any atom is 0.225 e. The third kappa shape index (κ3) is 3.73. The molecular formula is C29H26BrN5O. The first-order valence-electron chi connectivity index (χ1n) is 12.6. The van der Waals surface area contributed by atoms with Gasteiger partial charge in [-0.05, 0) is 70.4 Å². The molecule has 0 unspecified atom stereocenters. The normalized spacial score (nSPS) is 17.9. The summed E-state index contributed by atoms with van der Waals surface area (Å²) in [7, 11) is 0. The number of nitrogens with zero attached hydrogens (tertiary/aromatic N) is 4. The Kier molecular flexibility index (Phi) is 5.20. The van der Waals surface area contributed by atoms with Gasteiger partial charge in [0.25, 0.3) is 0 Å². The van der Waals surface area contributed by atoms with Gasteiger partial charge in [0.2, 0.25) is 5.91 Å². The highest BCUT2D eigenvalue weighted by atomic mass is 79.9. The highest BCUT2D eigenvalue weighted by molar-refractivity contribution is 9.10. The Labute approximate surface area is 217 Å². The molecule has 2 aromatic heterocycles. The molecule has 1 N–H and O–H groups in total. The van der Waals surface area contributed by atoms with Crippen LogP contribution in [0.3, 0.4) is 0 Å². The van der Waals surface area contributed by atoms with Crippen LogP contribution in [0.15, 0.2) is 71.3 Å². The highest BCUT2D eigenvalue weighted by Gasteiger charge is 2.37. The van der Waals surface area contributed by atoms with E-state index < -0.39 is 0 Å². The summed E-state index contributed by atoms with van der Waals surface area (Å²) in [5, 5.41) is 8.38. The van der Waals surface area contributed by atoms with Crippen LogP contribution in [0.2, 0.25) is 0 Å². The van der Waals surface area contributed by atoms with Crippen molar-refractivity contribution in [3.63, 3.8) is 0 Å². The minimum atomic E-state index is 0.281. The number of imidazole rings is 1. The van der Waals surface area contributed by atoms with E-state index in [0.29, 0.717) is 11.8 Å². The first kappa shape index (κ1) is 21.8. The van der Waals surface area contributed by atoms with Crippen molar-refractivity contribution in [2.45, 2.75) is 25.8 Å². The summed E-state index contributed by atoms with van der Waals surface area (Å²) in [5.41, 5.74) is 6.47. The summed E-state index contributed by atoms with van der Waals surface area (Å²) in [6.07, 6.45) is 5.00. The van der Waals surface area contributed by atoms with Crippen molar-refractivity contribution in [2.75, 3.05) is 13.1 Å². The number of halogens is 1. The van der Waals surface area contributed by atoms with Crippen LogP contribution in [0, 0.1) is 11.8 Å². The Bertz CT molecular complexity index is 1610. The van der Waals surface area contributed by atoms with Crippen LogP contribution in [0.5, 0.6) is 0 Å². The standard InChI is InChI=1S/C29H26BrN5O/c30-24-6-3-7-26-27(24)32-28(35(26)17-18-12-13-34(16-18)29(36)19-8-9-19)23-5-2-1-4-22(23)20-10-11-21-15-31-33-25(21)14-20/h1-7,10-11,14-15,18-19H,8-9,12-13,16-17H2,(H,31,33)/t18-/m1/s1. The Balaban J connectivity index is 1.32. The van der Waals surface area contributed by atoms with Crippen LogP contribution in [0.1, 0.15) is 19.3 Å². The fourth-order valence-electron chi connectivity index (χ4n) is 5.57. The quantitative estimate of drug-likeness (QED) is 0.286. The summed E-state index contributed by atoms with van der Waals surface area (Å²) in [6.45, 7) is 2.54. The van der Waals surface area contributed by atoms with E-state index >= 15 is 0 Å². The van der Waals surface area contributed by atoms with Crippen LogP contribution in [-0.2, 0) is 11.3 Å². The van der Waals surface area contributed by atoms with Gasteiger partial charge >= 0.3 is 0 Å². The zero-order valence-corrected chi connectivity index (χ0v) is 21.4. The van der Waals surface area contributed by atoms with E-state index in [4.69, 9.17) is 4.98 Å². The predicted molar refractivity (Wildman–Crippen MR) is 145 cm³/mol. The fourth-order valence-corrected chi connectivity index (χ4v) is 6.01. The van der Waals surface area contributed by atoms with Gasteiger partial charge in [0.1, 0.15) is 11.3 Å². The Morgan fingerprint density at radius 2 is 1.89 bits per heavy atom. The molecule has 7 rings (SSSR count). The van der Waals surface area contributed by atoms with Crippen molar-refractivity contribution < 1.29 is 4.79 Å². The number of amides is 1. The Hall–Kier alpha value is -3.45. The van der Waals surface area contributed by atoms with Gasteiger partial charge in [-0.2, -0.15) is 5.10 Å². The smallest absolute Gasteiger partial charge is 0.225 e. The molecule has 36 heavy (non-hydrogen) atoms. The average Bonchev–Trinajstić information content (AvgIpc) is 3.30. The number of aromatic amines is 1. The number of likely N-dealkylation sites (tertiary alicyclic amines) is 1. The summed E-state index contributed by atoms with van der Waals surface area (Å²) in [5.74, 6) is 2.01. The van der Waals surface area contributed by atoms with Crippen LogP contribution in [-0.4, -0.2) is 43.6 Å². The summed E-state index contributed by atoms with van der Waals surface area (Å²) in [6, 6.07) is 21.2. The zero-order chi connectivity index (χ0) is 24.2. The van der Waals surface area contributed by atoms with E-state index in [1.54, 1.807) is 0 Å². The number of carbonyl (C=O) groups is 1. The molecule has 1 saturated heterocycles. The van der Waals surface area contributed by atoms with E-state index in [2.05, 4.69) is 90.2 Å². The van der Waals surface area contributed by atoms with E-state index in [0.717, 1.165) is 87.8 Å². The maximum absolute atomic E-state index is 12.7. The molecule has 1 aliphatic heterocycles. The van der Waals surface area contributed by atoms with E-state index in [-0.39, 0.29) is 5.92 Å². The third-order valence-corrected chi connectivity index (χ3v) is 8.26. The molecule has 0 radical (unpaired) electrons. The molecule has 3 heterocycles. The van der Waals surface area contributed by atoms with Gasteiger partial charge in [-0.15, -0.1) is 0 Å².